The second-order valence-electron chi connectivity index (χ2n) is 9.39. The van der Waals surface area contributed by atoms with E-state index in [4.69, 9.17) is 21.3 Å². The summed E-state index contributed by atoms with van der Waals surface area (Å²) in [7, 11) is -3.59. The Morgan fingerprint density at radius 2 is 2.09 bits per heavy atom. The van der Waals surface area contributed by atoms with E-state index < -0.39 is 10.0 Å². The van der Waals surface area contributed by atoms with Gasteiger partial charge in [-0.25, -0.2) is 17.8 Å². The Labute approximate surface area is 214 Å². The first-order chi connectivity index (χ1) is 16.8. The number of piperidine rings is 1. The van der Waals surface area contributed by atoms with Crippen molar-refractivity contribution in [1.29, 1.82) is 0 Å². The van der Waals surface area contributed by atoms with Gasteiger partial charge < -0.3 is 9.30 Å². The van der Waals surface area contributed by atoms with Crippen LogP contribution in [0.2, 0.25) is 5.02 Å². The molecule has 10 heteroatoms. The highest BCUT2D eigenvalue weighted by molar-refractivity contribution is 7.98. The Morgan fingerprint density at radius 3 is 2.83 bits per heavy atom. The molecule has 2 fully saturated rings. The van der Waals surface area contributed by atoms with E-state index in [0.29, 0.717) is 52.6 Å². The lowest BCUT2D eigenvalue weighted by Gasteiger charge is -2.30. The maximum atomic E-state index is 14.4. The molecule has 0 bridgehead atoms. The molecule has 1 aromatic heterocycles. The monoisotopic (exact) mass is 537 g/mol. The summed E-state index contributed by atoms with van der Waals surface area (Å²) in [5.41, 5.74) is 1.88. The van der Waals surface area contributed by atoms with Crippen molar-refractivity contribution in [1.82, 2.24) is 13.9 Å². The highest BCUT2D eigenvalue weighted by Gasteiger charge is 2.29. The third-order valence-corrected chi connectivity index (χ3v) is 9.98. The number of hydrogen-bond acceptors (Lipinski definition) is 5. The topological polar surface area (TPSA) is 64.4 Å². The molecule has 0 radical (unpaired) electrons. The van der Waals surface area contributed by atoms with Gasteiger partial charge in [0.1, 0.15) is 5.82 Å². The Kier molecular flexibility index (Phi) is 7.42. The van der Waals surface area contributed by atoms with Crippen molar-refractivity contribution < 1.29 is 17.5 Å². The van der Waals surface area contributed by atoms with Gasteiger partial charge >= 0.3 is 0 Å². The molecule has 0 amide bonds. The fraction of sp³-hybridized carbons (Fsp3) is 0.480. The minimum absolute atomic E-state index is 0.0713. The van der Waals surface area contributed by atoms with E-state index in [2.05, 4.69) is 11.5 Å². The number of hydrogen-bond donors (Lipinski definition) is 0. The summed E-state index contributed by atoms with van der Waals surface area (Å²) in [4.78, 5) is 5.04. The molecule has 2 aliphatic rings. The molecular formula is C25H29ClFN3O3S2. The lowest BCUT2D eigenvalue weighted by atomic mass is 10.0. The second-order valence-corrected chi connectivity index (χ2v) is 12.7. The molecule has 35 heavy (non-hydrogen) atoms. The van der Waals surface area contributed by atoms with Crippen molar-refractivity contribution in [3.05, 3.63) is 52.8 Å². The first kappa shape index (κ1) is 25.0. The number of imidazole rings is 1. The van der Waals surface area contributed by atoms with Gasteiger partial charge in [-0.3, -0.25) is 0 Å². The summed E-state index contributed by atoms with van der Waals surface area (Å²) in [5, 5.41) is 1.07. The zero-order valence-corrected chi connectivity index (χ0v) is 22.0. The van der Waals surface area contributed by atoms with Crippen LogP contribution in [0, 0.1) is 11.7 Å². The van der Waals surface area contributed by atoms with Crippen LogP contribution in [-0.2, 0) is 27.1 Å². The molecule has 0 saturated carbocycles. The molecule has 3 aromatic rings. The van der Waals surface area contributed by atoms with Crippen molar-refractivity contribution in [3.63, 3.8) is 0 Å². The van der Waals surface area contributed by atoms with Crippen molar-refractivity contribution in [2.24, 2.45) is 5.92 Å². The first-order valence-electron chi connectivity index (χ1n) is 12.0. The van der Waals surface area contributed by atoms with Crippen molar-refractivity contribution in [2.75, 3.05) is 19.7 Å². The molecule has 0 spiro atoms. The number of ether oxygens (including phenoxy) is 1. The van der Waals surface area contributed by atoms with Gasteiger partial charge in [0.05, 0.1) is 28.6 Å². The molecule has 2 aromatic carbocycles. The van der Waals surface area contributed by atoms with Gasteiger partial charge in [-0.2, -0.15) is 4.31 Å². The Morgan fingerprint density at radius 1 is 1.23 bits per heavy atom. The van der Waals surface area contributed by atoms with Crippen LogP contribution in [0.5, 0.6) is 0 Å². The summed E-state index contributed by atoms with van der Waals surface area (Å²) in [5.74, 6) is 0.314. The summed E-state index contributed by atoms with van der Waals surface area (Å²) < 4.78 is 50.5. The van der Waals surface area contributed by atoms with Crippen LogP contribution < -0.4 is 0 Å². The fourth-order valence-electron chi connectivity index (χ4n) is 4.85. The average Bonchev–Trinajstić information content (AvgIpc) is 3.47. The number of halogens is 2. The van der Waals surface area contributed by atoms with E-state index in [1.165, 1.54) is 17.8 Å². The molecule has 188 valence electrons. The molecule has 0 aliphatic carbocycles. The fourth-order valence-corrected chi connectivity index (χ4v) is 7.83. The molecule has 2 atom stereocenters. The number of benzene rings is 2. The number of rotatable bonds is 7. The number of sulfonamides is 1. The van der Waals surface area contributed by atoms with Gasteiger partial charge in [-0.05, 0) is 61.9 Å². The van der Waals surface area contributed by atoms with E-state index in [0.717, 1.165) is 37.8 Å². The van der Waals surface area contributed by atoms with Gasteiger partial charge in [-0.15, -0.1) is 0 Å². The predicted octanol–water partition coefficient (Wildman–Crippen LogP) is 5.72. The van der Waals surface area contributed by atoms with Gasteiger partial charge in [0.2, 0.25) is 10.0 Å². The predicted molar refractivity (Wildman–Crippen MR) is 137 cm³/mol. The van der Waals surface area contributed by atoms with Crippen LogP contribution in [-0.4, -0.2) is 48.1 Å². The van der Waals surface area contributed by atoms with Crippen LogP contribution >= 0.6 is 23.4 Å². The molecule has 3 heterocycles. The van der Waals surface area contributed by atoms with E-state index in [1.807, 2.05) is 6.07 Å². The molecule has 5 rings (SSSR count). The maximum absolute atomic E-state index is 14.4. The number of nitrogens with zero attached hydrogens (tertiary/aromatic N) is 3. The van der Waals surface area contributed by atoms with Gasteiger partial charge in [0, 0.05) is 36.0 Å². The van der Waals surface area contributed by atoms with Crippen LogP contribution in [0.4, 0.5) is 4.39 Å². The van der Waals surface area contributed by atoms with Crippen LogP contribution in [0.3, 0.4) is 0 Å². The zero-order valence-electron chi connectivity index (χ0n) is 19.6. The molecule has 0 N–H and O–H groups in total. The number of thioether (sulfide) groups is 1. The van der Waals surface area contributed by atoms with Gasteiger partial charge in [0.15, 0.2) is 5.16 Å². The standard InChI is InChI=1S/C25H29ClFN3O3S2/c1-17-5-3-11-29(14-17)35(31,32)19-9-10-24-23(13-19)28-25(30(24)15-18-6-4-12-33-18)34-16-20-21(26)7-2-8-22(20)27/h2,7-10,13,17-18H,3-6,11-12,14-16H2,1H3/t17-,18+/m0/s1. The Balaban J connectivity index is 1.49. The Hall–Kier alpha value is -1.65. The van der Waals surface area contributed by atoms with E-state index in [9.17, 15) is 12.8 Å². The minimum Gasteiger partial charge on any atom is -0.376 e. The molecule has 6 nitrogen and oxygen atoms in total. The smallest absolute Gasteiger partial charge is 0.243 e. The normalized spacial score (nSPS) is 21.7. The lowest BCUT2D eigenvalue weighted by Crippen LogP contribution is -2.39. The van der Waals surface area contributed by atoms with Crippen LogP contribution in [0.15, 0.2) is 46.5 Å². The third kappa shape index (κ3) is 5.25. The van der Waals surface area contributed by atoms with Crippen molar-refractivity contribution >= 4 is 44.4 Å². The molecule has 0 unspecified atom stereocenters. The van der Waals surface area contributed by atoms with E-state index >= 15 is 0 Å². The largest absolute Gasteiger partial charge is 0.376 e. The molecular weight excluding hydrogens is 509 g/mol. The second kappa shape index (κ2) is 10.4. The van der Waals surface area contributed by atoms with Crippen molar-refractivity contribution in [2.45, 2.75) is 61.1 Å². The highest BCUT2D eigenvalue weighted by atomic mass is 35.5. The van der Waals surface area contributed by atoms with E-state index in [-0.39, 0.29) is 16.8 Å². The number of fused-ring (bicyclic) bond motifs is 1. The van der Waals surface area contributed by atoms with Gasteiger partial charge in [0.25, 0.3) is 0 Å². The summed E-state index contributed by atoms with van der Waals surface area (Å²) >= 11 is 7.63. The summed E-state index contributed by atoms with van der Waals surface area (Å²) in [6, 6.07) is 9.83. The lowest BCUT2D eigenvalue weighted by molar-refractivity contribution is 0.0960. The van der Waals surface area contributed by atoms with Gasteiger partial charge in [-0.1, -0.05) is 36.4 Å². The quantitative estimate of drug-likeness (QED) is 0.361. The zero-order chi connectivity index (χ0) is 24.6. The third-order valence-electron chi connectivity index (χ3n) is 6.76. The Bertz CT molecular complexity index is 1300. The molecule has 2 saturated heterocycles. The number of aromatic nitrogens is 2. The van der Waals surface area contributed by atoms with Crippen LogP contribution in [0.25, 0.3) is 11.0 Å². The minimum atomic E-state index is -3.59. The van der Waals surface area contributed by atoms with Crippen LogP contribution in [0.1, 0.15) is 38.2 Å². The van der Waals surface area contributed by atoms with E-state index in [1.54, 1.807) is 28.6 Å². The molecule has 2 aliphatic heterocycles. The average molecular weight is 538 g/mol. The van der Waals surface area contributed by atoms with Crippen molar-refractivity contribution in [3.8, 4) is 0 Å². The summed E-state index contributed by atoms with van der Waals surface area (Å²) in [6.45, 7) is 4.52. The highest BCUT2D eigenvalue weighted by Crippen LogP contribution is 2.33. The first-order valence-corrected chi connectivity index (χ1v) is 14.8. The maximum Gasteiger partial charge on any atom is 0.243 e. The SMILES string of the molecule is C[C@H]1CCCN(S(=O)(=O)c2ccc3c(c2)nc(SCc2c(F)cccc2Cl)n3C[C@H]2CCCO2)C1. The summed E-state index contributed by atoms with van der Waals surface area (Å²) in [6.07, 6.45) is 3.97.